The summed E-state index contributed by atoms with van der Waals surface area (Å²) in [7, 11) is 0. The number of halogens is 4. The Morgan fingerprint density at radius 2 is 1.30 bits per heavy atom. The predicted molar refractivity (Wildman–Crippen MR) is 304 cm³/mol. The molecular formula is C69H65F4NO3. The summed E-state index contributed by atoms with van der Waals surface area (Å²) in [6.45, 7) is 9.23. The number of nitrogens with one attached hydrogen (secondary N) is 1. The van der Waals surface area contributed by atoms with E-state index in [2.05, 4.69) is 75.5 Å². The molecule has 0 spiro atoms. The van der Waals surface area contributed by atoms with E-state index in [4.69, 9.17) is 9.47 Å². The Hall–Kier alpha value is -7.45. The number of fused-ring (bicyclic) bond motifs is 8. The molecule has 1 saturated carbocycles. The fraction of sp³-hybridized carbons (Fsp3) is 0.290. The maximum atomic E-state index is 14.7. The van der Waals surface area contributed by atoms with Gasteiger partial charge in [0.2, 0.25) is 0 Å². The monoisotopic (exact) mass is 1030 g/mol. The van der Waals surface area contributed by atoms with Crippen molar-refractivity contribution < 1.29 is 31.8 Å². The number of hydrogen-bond acceptors (Lipinski definition) is 3. The molecule has 8 aromatic rings. The lowest BCUT2D eigenvalue weighted by molar-refractivity contribution is -0.137. The Balaban J connectivity index is 0.860. The molecule has 3 aliphatic rings. The molecule has 1 N–H and O–H groups in total. The summed E-state index contributed by atoms with van der Waals surface area (Å²) < 4.78 is 71.9. The molecular weight excluding hydrogens is 967 g/mol. The molecule has 392 valence electrons. The van der Waals surface area contributed by atoms with E-state index in [1.165, 1.54) is 75.1 Å². The first-order valence-electron chi connectivity index (χ1n) is 27.6. The lowest BCUT2D eigenvalue weighted by Crippen LogP contribution is -2.35. The number of amides is 1. The molecule has 77 heavy (non-hydrogen) atoms. The first-order valence-corrected chi connectivity index (χ1v) is 27.6. The van der Waals surface area contributed by atoms with Crippen molar-refractivity contribution in [3.63, 3.8) is 0 Å². The van der Waals surface area contributed by atoms with Crippen LogP contribution in [-0.2, 0) is 17.2 Å². The van der Waals surface area contributed by atoms with Crippen molar-refractivity contribution in [3.05, 3.63) is 214 Å². The van der Waals surface area contributed by atoms with E-state index in [-0.39, 0.29) is 5.91 Å². The van der Waals surface area contributed by atoms with E-state index in [9.17, 15) is 22.4 Å². The van der Waals surface area contributed by atoms with Crippen LogP contribution in [-0.4, -0.2) is 12.5 Å². The van der Waals surface area contributed by atoms with Crippen LogP contribution >= 0.6 is 0 Å². The van der Waals surface area contributed by atoms with Gasteiger partial charge in [0.05, 0.1) is 12.2 Å². The van der Waals surface area contributed by atoms with Gasteiger partial charge in [-0.05, 0) is 172 Å². The van der Waals surface area contributed by atoms with E-state index < -0.39 is 28.6 Å². The number of rotatable bonds is 15. The summed E-state index contributed by atoms with van der Waals surface area (Å²) in [4.78, 5) is 13.6. The van der Waals surface area contributed by atoms with Gasteiger partial charge in [-0.25, -0.2) is 4.39 Å². The first-order chi connectivity index (χ1) is 37.2. The maximum Gasteiger partial charge on any atom is 0.416 e. The Bertz CT molecular complexity index is 3460. The van der Waals surface area contributed by atoms with Gasteiger partial charge in [0.1, 0.15) is 17.3 Å². The van der Waals surface area contributed by atoms with Gasteiger partial charge in [-0.1, -0.05) is 157 Å². The van der Waals surface area contributed by atoms with E-state index in [1.807, 2.05) is 84.9 Å². The average molecular weight is 1030 g/mol. The minimum Gasteiger partial charge on any atom is -0.494 e. The quantitative estimate of drug-likeness (QED) is 0.0822. The maximum absolute atomic E-state index is 14.7. The molecule has 4 nitrogen and oxygen atoms in total. The Morgan fingerprint density at radius 3 is 1.96 bits per heavy atom. The Labute approximate surface area is 450 Å². The van der Waals surface area contributed by atoms with Crippen molar-refractivity contribution in [2.24, 2.45) is 5.92 Å². The second kappa shape index (κ2) is 21.2. The zero-order valence-electron chi connectivity index (χ0n) is 44.3. The van der Waals surface area contributed by atoms with Crippen LogP contribution in [0.2, 0.25) is 0 Å². The fourth-order valence-electron chi connectivity index (χ4n) is 12.3. The van der Waals surface area contributed by atoms with Crippen molar-refractivity contribution in [1.29, 1.82) is 0 Å². The molecule has 1 amide bonds. The number of unbranched alkanes of at least 4 members (excludes halogenated alkanes) is 3. The number of benzene rings is 8. The highest BCUT2D eigenvalue weighted by Crippen LogP contribution is 2.59. The lowest BCUT2D eigenvalue weighted by atomic mass is 9.76. The van der Waals surface area contributed by atoms with Crippen LogP contribution in [0.1, 0.15) is 147 Å². The summed E-state index contributed by atoms with van der Waals surface area (Å²) in [5, 5.41) is 4.02. The highest BCUT2D eigenvalue weighted by molar-refractivity contribution is 6.09. The Kier molecular flexibility index (Phi) is 14.2. The number of hydrogen-bond donors (Lipinski definition) is 1. The molecule has 1 unspecified atom stereocenters. The van der Waals surface area contributed by atoms with E-state index >= 15 is 0 Å². The molecule has 1 aliphatic heterocycles. The van der Waals surface area contributed by atoms with Gasteiger partial charge >= 0.3 is 6.18 Å². The summed E-state index contributed by atoms with van der Waals surface area (Å²) in [6.07, 6.45) is 11.8. The summed E-state index contributed by atoms with van der Waals surface area (Å²) in [5.74, 6) is 1.91. The van der Waals surface area contributed by atoms with Crippen molar-refractivity contribution in [2.45, 2.75) is 115 Å². The van der Waals surface area contributed by atoms with E-state index in [0.29, 0.717) is 62.7 Å². The highest BCUT2D eigenvalue weighted by atomic mass is 19.4. The number of carbonyl (C=O) groups is 1. The van der Waals surface area contributed by atoms with Crippen LogP contribution in [0.3, 0.4) is 0 Å². The molecule has 1 heterocycles. The topological polar surface area (TPSA) is 47.6 Å². The summed E-state index contributed by atoms with van der Waals surface area (Å²) in [5.41, 5.74) is 9.73. The minimum atomic E-state index is -4.62. The predicted octanol–water partition coefficient (Wildman–Crippen LogP) is 19.3. The molecule has 0 radical (unpaired) electrons. The third-order valence-electron chi connectivity index (χ3n) is 16.7. The van der Waals surface area contributed by atoms with Gasteiger partial charge in [-0.2, -0.15) is 13.2 Å². The molecule has 0 bridgehead atoms. The molecule has 8 aromatic carbocycles. The Morgan fingerprint density at radius 1 is 0.675 bits per heavy atom. The number of alkyl halides is 3. The van der Waals surface area contributed by atoms with Crippen molar-refractivity contribution in [3.8, 4) is 44.9 Å². The normalized spacial score (nSPS) is 18.3. The van der Waals surface area contributed by atoms with Gasteiger partial charge < -0.3 is 14.8 Å². The molecule has 0 aromatic heterocycles. The third-order valence-corrected chi connectivity index (χ3v) is 16.7. The van der Waals surface area contributed by atoms with Gasteiger partial charge in [-0.15, -0.1) is 0 Å². The average Bonchev–Trinajstić information content (AvgIpc) is 3.99. The van der Waals surface area contributed by atoms with Crippen LogP contribution in [0.4, 0.5) is 23.2 Å². The van der Waals surface area contributed by atoms with Gasteiger partial charge in [0.15, 0.2) is 5.60 Å². The van der Waals surface area contributed by atoms with Crippen LogP contribution < -0.4 is 14.8 Å². The van der Waals surface area contributed by atoms with Crippen molar-refractivity contribution in [1.82, 2.24) is 0 Å². The highest BCUT2D eigenvalue weighted by Gasteiger charge is 2.45. The molecule has 11 rings (SSSR count). The second-order valence-electron chi connectivity index (χ2n) is 22.0. The van der Waals surface area contributed by atoms with Crippen LogP contribution in [0, 0.1) is 11.7 Å². The molecule has 1 atom stereocenters. The van der Waals surface area contributed by atoms with Gasteiger partial charge in [0.25, 0.3) is 5.91 Å². The number of ether oxygens (including phenoxy) is 2. The lowest BCUT2D eigenvalue weighted by Gasteiger charge is -2.38. The van der Waals surface area contributed by atoms with Crippen LogP contribution in [0.5, 0.6) is 11.5 Å². The van der Waals surface area contributed by atoms with Gasteiger partial charge in [0, 0.05) is 38.7 Å². The number of carbonyl (C=O) groups excluding carboxylic acids is 1. The third kappa shape index (κ3) is 10.1. The molecule has 1 fully saturated rings. The fourth-order valence-corrected chi connectivity index (χ4v) is 12.3. The minimum absolute atomic E-state index is 0.205. The molecule has 0 saturated heterocycles. The number of anilines is 1. The first kappa shape index (κ1) is 51.6. The summed E-state index contributed by atoms with van der Waals surface area (Å²) >= 11 is 0. The SMILES string of the molecule is CCCCCC1CCC(c2ccc(-c3ccc(C(=O)Nc4ccc(-c5ccc6c(c5)-c5c(c7c(c8cc(C(F)(F)F)ccc58)OC(c5ccc(F)cc5)(c5ccc(OCCCC)cc5)C=C7)C6(C)C)cc4)cc3)cc2)CC1. The zero-order chi connectivity index (χ0) is 53.5. The van der Waals surface area contributed by atoms with E-state index in [1.54, 1.807) is 18.2 Å². The van der Waals surface area contributed by atoms with E-state index in [0.717, 1.165) is 69.3 Å². The molecule has 8 heteroatoms. The summed E-state index contributed by atoms with van der Waals surface area (Å²) in [6, 6.07) is 48.3. The van der Waals surface area contributed by atoms with Crippen LogP contribution in [0.25, 0.3) is 50.2 Å². The van der Waals surface area contributed by atoms with Crippen LogP contribution in [0.15, 0.2) is 164 Å². The standard InChI is InChI=1S/C69H65F4NO3/c1-5-7-9-10-44-11-13-45(14-12-44)46-15-17-47(18-16-46)48-19-21-50(22-20-48)66(75)74-56-33-23-49(24-34-56)51-25-38-62-61(42-51)63-58-37-30-54(69(71,72)73)43-60(58)65-59(64(63)67(62,3)4)39-40-68(77-65,52-26-31-55(70)32-27-52)53-28-35-57(36-29-53)76-41-8-6-2/h15-40,42-45H,5-14,41H2,1-4H3,(H,74,75). The largest absolute Gasteiger partial charge is 0.494 e. The van der Waals surface area contributed by atoms with Crippen molar-refractivity contribution >= 4 is 28.4 Å². The molecule has 2 aliphatic carbocycles. The zero-order valence-corrected chi connectivity index (χ0v) is 44.3. The second-order valence-corrected chi connectivity index (χ2v) is 22.0. The smallest absolute Gasteiger partial charge is 0.416 e. The van der Waals surface area contributed by atoms with Gasteiger partial charge in [-0.3, -0.25) is 4.79 Å². The van der Waals surface area contributed by atoms with Crippen molar-refractivity contribution in [2.75, 3.05) is 11.9 Å².